The van der Waals surface area contributed by atoms with Gasteiger partial charge in [0.25, 0.3) is 5.56 Å². The van der Waals surface area contributed by atoms with Gasteiger partial charge >= 0.3 is 6.03 Å². The predicted molar refractivity (Wildman–Crippen MR) is 115 cm³/mol. The van der Waals surface area contributed by atoms with Crippen molar-refractivity contribution in [2.75, 3.05) is 5.32 Å². The zero-order valence-electron chi connectivity index (χ0n) is 16.8. The molecule has 1 atom stereocenters. The Morgan fingerprint density at radius 3 is 2.65 bits per heavy atom. The topological polar surface area (TPSA) is 130 Å². The van der Waals surface area contributed by atoms with Crippen LogP contribution in [0.3, 0.4) is 0 Å². The molecule has 1 unspecified atom stereocenters. The molecule has 31 heavy (non-hydrogen) atoms. The number of hydrogen-bond acceptors (Lipinski definition) is 4. The van der Waals surface area contributed by atoms with E-state index in [1.807, 2.05) is 6.92 Å². The Balaban J connectivity index is 1.79. The molecule has 0 aliphatic rings. The standard InChI is InChI=1S/C22H22FN5O3/c1-2-14-11-19(29)28-21(26-14)13-6-5-7-15(10-13)25-20(30)12-18(27-22(24)31)16-8-3-4-9-17(16)23/h3-11,18H,2,12H2,1H3,(H,25,30)(H3,24,27,31)(H,26,28,29). The summed E-state index contributed by atoms with van der Waals surface area (Å²) < 4.78 is 14.1. The highest BCUT2D eigenvalue weighted by atomic mass is 19.1. The Kier molecular flexibility index (Phi) is 6.76. The van der Waals surface area contributed by atoms with E-state index in [9.17, 15) is 18.8 Å². The second kappa shape index (κ2) is 9.66. The molecule has 160 valence electrons. The van der Waals surface area contributed by atoms with Crippen LogP contribution in [-0.4, -0.2) is 21.9 Å². The van der Waals surface area contributed by atoms with Crippen molar-refractivity contribution in [1.29, 1.82) is 0 Å². The van der Waals surface area contributed by atoms with Crippen molar-refractivity contribution in [3.8, 4) is 11.4 Å². The monoisotopic (exact) mass is 423 g/mol. The average molecular weight is 423 g/mol. The molecule has 0 aliphatic carbocycles. The van der Waals surface area contributed by atoms with E-state index < -0.39 is 23.8 Å². The molecule has 0 radical (unpaired) electrons. The molecule has 0 aliphatic heterocycles. The maximum absolute atomic E-state index is 14.1. The predicted octanol–water partition coefficient (Wildman–Crippen LogP) is 2.88. The van der Waals surface area contributed by atoms with Gasteiger partial charge in [-0.05, 0) is 24.6 Å². The lowest BCUT2D eigenvalue weighted by Crippen LogP contribution is -2.35. The SMILES string of the molecule is CCc1cc(=O)[nH]c(-c2cccc(NC(=O)CC(NC(N)=O)c3ccccc3F)c2)n1. The highest BCUT2D eigenvalue weighted by molar-refractivity contribution is 5.92. The first kappa shape index (κ1) is 21.7. The first-order chi connectivity index (χ1) is 14.9. The van der Waals surface area contributed by atoms with Crippen LogP contribution in [0, 0.1) is 5.82 Å². The molecule has 0 fully saturated rings. The number of carbonyl (C=O) groups excluding carboxylic acids is 2. The van der Waals surface area contributed by atoms with E-state index in [0.29, 0.717) is 29.2 Å². The van der Waals surface area contributed by atoms with Crippen LogP contribution in [0.1, 0.15) is 30.6 Å². The first-order valence-corrected chi connectivity index (χ1v) is 9.66. The number of anilines is 1. The maximum Gasteiger partial charge on any atom is 0.312 e. The number of rotatable bonds is 7. The van der Waals surface area contributed by atoms with Gasteiger partial charge in [-0.3, -0.25) is 9.59 Å². The zero-order chi connectivity index (χ0) is 22.4. The summed E-state index contributed by atoms with van der Waals surface area (Å²) in [5, 5.41) is 5.11. The van der Waals surface area contributed by atoms with Gasteiger partial charge in [0.1, 0.15) is 11.6 Å². The quantitative estimate of drug-likeness (QED) is 0.465. The van der Waals surface area contributed by atoms with Crippen LogP contribution in [0.2, 0.25) is 0 Å². The van der Waals surface area contributed by atoms with E-state index in [4.69, 9.17) is 5.73 Å². The molecule has 9 heteroatoms. The van der Waals surface area contributed by atoms with E-state index in [2.05, 4.69) is 20.6 Å². The highest BCUT2D eigenvalue weighted by Gasteiger charge is 2.20. The van der Waals surface area contributed by atoms with E-state index >= 15 is 0 Å². The van der Waals surface area contributed by atoms with Crippen LogP contribution in [0.5, 0.6) is 0 Å². The molecular weight excluding hydrogens is 401 g/mol. The van der Waals surface area contributed by atoms with E-state index in [-0.39, 0.29) is 17.5 Å². The normalized spacial score (nSPS) is 11.5. The number of amides is 3. The molecule has 3 amide bonds. The fourth-order valence-corrected chi connectivity index (χ4v) is 3.14. The fraction of sp³-hybridized carbons (Fsp3) is 0.182. The second-order valence-corrected chi connectivity index (χ2v) is 6.85. The number of aromatic amines is 1. The molecule has 8 nitrogen and oxygen atoms in total. The molecule has 1 aromatic heterocycles. The van der Waals surface area contributed by atoms with Crippen molar-refractivity contribution >= 4 is 17.6 Å². The smallest absolute Gasteiger partial charge is 0.312 e. The van der Waals surface area contributed by atoms with Crippen LogP contribution in [0.4, 0.5) is 14.9 Å². The van der Waals surface area contributed by atoms with E-state index in [0.717, 1.165) is 0 Å². The third-order valence-electron chi connectivity index (χ3n) is 4.56. The van der Waals surface area contributed by atoms with Crippen LogP contribution in [0.25, 0.3) is 11.4 Å². The molecule has 5 N–H and O–H groups in total. The van der Waals surface area contributed by atoms with Gasteiger partial charge in [-0.25, -0.2) is 14.2 Å². The van der Waals surface area contributed by atoms with Crippen LogP contribution in [-0.2, 0) is 11.2 Å². The molecule has 0 bridgehead atoms. The lowest BCUT2D eigenvalue weighted by Gasteiger charge is -2.18. The third kappa shape index (κ3) is 5.75. The number of halogens is 1. The Labute approximate surface area is 177 Å². The van der Waals surface area contributed by atoms with Crippen molar-refractivity contribution in [1.82, 2.24) is 15.3 Å². The number of urea groups is 1. The summed E-state index contributed by atoms with van der Waals surface area (Å²) >= 11 is 0. The molecule has 3 aromatic rings. The van der Waals surface area contributed by atoms with Crippen molar-refractivity contribution < 1.29 is 14.0 Å². The van der Waals surface area contributed by atoms with Crippen molar-refractivity contribution in [3.63, 3.8) is 0 Å². The minimum Gasteiger partial charge on any atom is -0.352 e. The van der Waals surface area contributed by atoms with Gasteiger partial charge in [0.2, 0.25) is 5.91 Å². The van der Waals surface area contributed by atoms with Crippen molar-refractivity contribution in [2.45, 2.75) is 25.8 Å². The molecule has 2 aromatic carbocycles. The Morgan fingerprint density at radius 1 is 1.16 bits per heavy atom. The largest absolute Gasteiger partial charge is 0.352 e. The summed E-state index contributed by atoms with van der Waals surface area (Å²) in [7, 11) is 0. The molecular formula is C22H22FN5O3. The lowest BCUT2D eigenvalue weighted by atomic mass is 10.0. The Morgan fingerprint density at radius 2 is 1.94 bits per heavy atom. The van der Waals surface area contributed by atoms with Gasteiger partial charge < -0.3 is 21.4 Å². The summed E-state index contributed by atoms with van der Waals surface area (Å²) in [4.78, 5) is 42.8. The molecule has 0 spiro atoms. The number of nitrogens with one attached hydrogen (secondary N) is 3. The maximum atomic E-state index is 14.1. The van der Waals surface area contributed by atoms with Gasteiger partial charge in [0, 0.05) is 28.6 Å². The third-order valence-corrected chi connectivity index (χ3v) is 4.56. The number of benzene rings is 2. The van der Waals surface area contributed by atoms with E-state index in [1.54, 1.807) is 30.3 Å². The van der Waals surface area contributed by atoms with Crippen molar-refractivity contribution in [2.24, 2.45) is 5.73 Å². The number of carbonyl (C=O) groups is 2. The molecule has 0 saturated heterocycles. The number of nitrogens with two attached hydrogens (primary N) is 1. The number of nitrogens with zero attached hydrogens (tertiary/aromatic N) is 1. The Bertz CT molecular complexity index is 1160. The summed E-state index contributed by atoms with van der Waals surface area (Å²) in [6.45, 7) is 1.90. The van der Waals surface area contributed by atoms with Gasteiger partial charge in [-0.15, -0.1) is 0 Å². The van der Waals surface area contributed by atoms with Crippen LogP contribution >= 0.6 is 0 Å². The lowest BCUT2D eigenvalue weighted by molar-refractivity contribution is -0.116. The number of hydrogen-bond donors (Lipinski definition) is 4. The summed E-state index contributed by atoms with van der Waals surface area (Å²) in [6.07, 6.45) is 0.381. The number of aromatic nitrogens is 2. The minimum absolute atomic E-state index is 0.156. The van der Waals surface area contributed by atoms with Gasteiger partial charge in [-0.1, -0.05) is 37.3 Å². The van der Waals surface area contributed by atoms with Gasteiger partial charge in [0.05, 0.1) is 12.5 Å². The molecule has 1 heterocycles. The summed E-state index contributed by atoms with van der Waals surface area (Å²) in [5.74, 6) is -0.620. The van der Waals surface area contributed by atoms with E-state index in [1.165, 1.54) is 24.3 Å². The zero-order valence-corrected chi connectivity index (χ0v) is 16.8. The summed E-state index contributed by atoms with van der Waals surface area (Å²) in [6, 6.07) is 12.3. The average Bonchev–Trinajstić information content (AvgIpc) is 2.73. The summed E-state index contributed by atoms with van der Waals surface area (Å²) in [5.41, 5.74) is 6.81. The van der Waals surface area contributed by atoms with Crippen molar-refractivity contribution in [3.05, 3.63) is 82.0 Å². The number of primary amides is 1. The second-order valence-electron chi connectivity index (χ2n) is 6.85. The fourth-order valence-electron chi connectivity index (χ4n) is 3.14. The molecule has 0 saturated carbocycles. The van der Waals surface area contributed by atoms with Gasteiger partial charge in [0.15, 0.2) is 0 Å². The highest BCUT2D eigenvalue weighted by Crippen LogP contribution is 2.22. The van der Waals surface area contributed by atoms with Gasteiger partial charge in [-0.2, -0.15) is 0 Å². The minimum atomic E-state index is -0.930. The number of aryl methyl sites for hydroxylation is 1. The van der Waals surface area contributed by atoms with Crippen LogP contribution in [0.15, 0.2) is 59.4 Å². The molecule has 3 rings (SSSR count). The first-order valence-electron chi connectivity index (χ1n) is 9.66. The Hall–Kier alpha value is -4.01. The van der Waals surface area contributed by atoms with Crippen LogP contribution < -0.4 is 21.9 Å². The number of H-pyrrole nitrogens is 1.